The highest BCUT2D eigenvalue weighted by molar-refractivity contribution is 7.80. The van der Waals surface area contributed by atoms with Gasteiger partial charge in [-0.2, -0.15) is 0 Å². The van der Waals surface area contributed by atoms with Crippen molar-refractivity contribution in [2.45, 2.75) is 25.9 Å². The minimum atomic E-state index is -0.100. The van der Waals surface area contributed by atoms with Crippen LogP contribution >= 0.6 is 12.2 Å². The molecular formula is C15H21N3O2S. The number of piperazine rings is 1. The van der Waals surface area contributed by atoms with Gasteiger partial charge in [-0.1, -0.05) is 19.1 Å². The molecule has 5 nitrogen and oxygen atoms in total. The Balaban J connectivity index is 2.26. The van der Waals surface area contributed by atoms with Crippen LogP contribution in [0.3, 0.4) is 0 Å². The van der Waals surface area contributed by atoms with Crippen molar-refractivity contribution in [3.8, 4) is 5.75 Å². The van der Waals surface area contributed by atoms with E-state index in [4.69, 9.17) is 22.7 Å². The molecule has 6 heteroatoms. The largest absolute Gasteiger partial charge is 0.496 e. The standard InChI is InChI=1S/C15H21N3O2S/c1-3-12-15(19)17-6-7-18(12)9-11-8-10(14(16)21)4-5-13(11)20-2/h4-5,8,12H,3,6-7,9H2,1-2H3,(H2,16,21)(H,17,19). The predicted molar refractivity (Wildman–Crippen MR) is 86.4 cm³/mol. The van der Waals surface area contributed by atoms with Crippen molar-refractivity contribution in [3.05, 3.63) is 29.3 Å². The van der Waals surface area contributed by atoms with Crippen molar-refractivity contribution >= 4 is 23.1 Å². The topological polar surface area (TPSA) is 67.6 Å². The number of carbonyl (C=O) groups is 1. The molecule has 1 aromatic rings. The normalized spacial score (nSPS) is 19.1. The molecule has 1 aromatic carbocycles. The molecule has 3 N–H and O–H groups in total. The molecular weight excluding hydrogens is 286 g/mol. The van der Waals surface area contributed by atoms with Crippen molar-refractivity contribution in [2.24, 2.45) is 5.73 Å². The molecule has 2 rings (SSSR count). The van der Waals surface area contributed by atoms with Crippen LogP contribution in [0.15, 0.2) is 18.2 Å². The molecule has 1 saturated heterocycles. The summed E-state index contributed by atoms with van der Waals surface area (Å²) in [4.78, 5) is 14.5. The molecule has 1 fully saturated rings. The van der Waals surface area contributed by atoms with E-state index in [0.29, 0.717) is 18.1 Å². The number of nitrogens with zero attached hydrogens (tertiary/aromatic N) is 1. The number of amides is 1. The molecule has 1 heterocycles. The third-order valence-corrected chi connectivity index (χ3v) is 4.00. The van der Waals surface area contributed by atoms with Gasteiger partial charge >= 0.3 is 0 Å². The highest BCUT2D eigenvalue weighted by Gasteiger charge is 2.28. The van der Waals surface area contributed by atoms with Gasteiger partial charge in [0.1, 0.15) is 10.7 Å². The molecule has 21 heavy (non-hydrogen) atoms. The van der Waals surface area contributed by atoms with Gasteiger partial charge in [-0.05, 0) is 24.6 Å². The van der Waals surface area contributed by atoms with E-state index < -0.39 is 0 Å². The number of rotatable bonds is 5. The van der Waals surface area contributed by atoms with Crippen molar-refractivity contribution < 1.29 is 9.53 Å². The van der Waals surface area contributed by atoms with E-state index in [-0.39, 0.29) is 11.9 Å². The summed E-state index contributed by atoms with van der Waals surface area (Å²) in [5, 5.41) is 2.90. The number of nitrogens with one attached hydrogen (secondary N) is 1. The summed E-state index contributed by atoms with van der Waals surface area (Å²) in [6.45, 7) is 4.16. The molecule has 0 saturated carbocycles. The number of hydrogen-bond acceptors (Lipinski definition) is 4. The van der Waals surface area contributed by atoms with Crippen LogP contribution in [0, 0.1) is 0 Å². The summed E-state index contributed by atoms with van der Waals surface area (Å²) < 4.78 is 5.41. The van der Waals surface area contributed by atoms with Crippen molar-refractivity contribution in [1.82, 2.24) is 10.2 Å². The maximum Gasteiger partial charge on any atom is 0.237 e. The Morgan fingerprint density at radius 1 is 1.57 bits per heavy atom. The highest BCUT2D eigenvalue weighted by atomic mass is 32.1. The minimum Gasteiger partial charge on any atom is -0.496 e. The first-order valence-electron chi connectivity index (χ1n) is 7.05. The average molecular weight is 307 g/mol. The van der Waals surface area contributed by atoms with Gasteiger partial charge < -0.3 is 15.8 Å². The quantitative estimate of drug-likeness (QED) is 0.796. The van der Waals surface area contributed by atoms with Gasteiger partial charge in [-0.15, -0.1) is 0 Å². The van der Waals surface area contributed by atoms with E-state index in [1.807, 2.05) is 25.1 Å². The lowest BCUT2D eigenvalue weighted by Gasteiger charge is -2.34. The van der Waals surface area contributed by atoms with Gasteiger partial charge in [-0.3, -0.25) is 9.69 Å². The number of ether oxygens (including phenoxy) is 1. The van der Waals surface area contributed by atoms with Crippen LogP contribution in [0.5, 0.6) is 5.75 Å². The number of nitrogens with two attached hydrogens (primary N) is 1. The summed E-state index contributed by atoms with van der Waals surface area (Å²) >= 11 is 5.03. The van der Waals surface area contributed by atoms with Crippen LogP contribution in [0.25, 0.3) is 0 Å². The van der Waals surface area contributed by atoms with Gasteiger partial charge in [0.2, 0.25) is 5.91 Å². The number of hydrogen-bond donors (Lipinski definition) is 2. The summed E-state index contributed by atoms with van der Waals surface area (Å²) in [6.07, 6.45) is 0.781. The molecule has 0 bridgehead atoms. The van der Waals surface area contributed by atoms with E-state index in [9.17, 15) is 4.79 Å². The number of benzene rings is 1. The predicted octanol–water partition coefficient (Wildman–Crippen LogP) is 1.04. The van der Waals surface area contributed by atoms with E-state index in [2.05, 4.69) is 10.2 Å². The van der Waals surface area contributed by atoms with E-state index in [1.165, 1.54) is 0 Å². The van der Waals surface area contributed by atoms with Gasteiger partial charge in [0.05, 0.1) is 13.2 Å². The fourth-order valence-corrected chi connectivity index (χ4v) is 2.80. The third kappa shape index (κ3) is 3.51. The van der Waals surface area contributed by atoms with Crippen LogP contribution < -0.4 is 15.8 Å². The third-order valence-electron chi connectivity index (χ3n) is 3.77. The summed E-state index contributed by atoms with van der Waals surface area (Å²) in [6, 6.07) is 5.57. The molecule has 0 radical (unpaired) electrons. The van der Waals surface area contributed by atoms with E-state index in [0.717, 1.165) is 29.8 Å². The first kappa shape index (κ1) is 15.7. The molecule has 114 valence electrons. The van der Waals surface area contributed by atoms with Gasteiger partial charge in [-0.25, -0.2) is 0 Å². The smallest absolute Gasteiger partial charge is 0.237 e. The fourth-order valence-electron chi connectivity index (χ4n) is 2.67. The Labute approximate surface area is 130 Å². The zero-order valence-corrected chi connectivity index (χ0v) is 13.2. The number of thiocarbonyl (C=S) groups is 1. The van der Waals surface area contributed by atoms with Crippen molar-refractivity contribution in [3.63, 3.8) is 0 Å². The van der Waals surface area contributed by atoms with Crippen LogP contribution in [-0.2, 0) is 11.3 Å². The first-order valence-corrected chi connectivity index (χ1v) is 7.46. The lowest BCUT2D eigenvalue weighted by Crippen LogP contribution is -2.54. The summed E-state index contributed by atoms with van der Waals surface area (Å²) in [5.41, 5.74) is 7.51. The fraction of sp³-hybridized carbons (Fsp3) is 0.467. The molecule has 0 spiro atoms. The Kier molecular flexibility index (Phi) is 5.14. The molecule has 0 aromatic heterocycles. The average Bonchev–Trinajstić information content (AvgIpc) is 2.47. The maximum atomic E-state index is 11.9. The summed E-state index contributed by atoms with van der Waals surface area (Å²) in [7, 11) is 1.64. The van der Waals surface area contributed by atoms with E-state index in [1.54, 1.807) is 7.11 Å². The lowest BCUT2D eigenvalue weighted by atomic mass is 10.1. The molecule has 1 aliphatic heterocycles. The molecule has 1 unspecified atom stereocenters. The molecule has 1 aliphatic rings. The monoisotopic (exact) mass is 307 g/mol. The SMILES string of the molecule is CCC1C(=O)NCCN1Cc1cc(C(N)=S)ccc1OC. The Bertz CT molecular complexity index is 548. The van der Waals surface area contributed by atoms with Gasteiger partial charge in [0.15, 0.2) is 0 Å². The zero-order valence-electron chi connectivity index (χ0n) is 12.4. The number of methoxy groups -OCH3 is 1. The second kappa shape index (κ2) is 6.87. The Hall–Kier alpha value is -1.66. The van der Waals surface area contributed by atoms with Crippen LogP contribution in [0.2, 0.25) is 0 Å². The summed E-state index contributed by atoms with van der Waals surface area (Å²) in [5.74, 6) is 0.879. The van der Waals surface area contributed by atoms with Crippen molar-refractivity contribution in [1.29, 1.82) is 0 Å². The molecule has 1 amide bonds. The molecule has 0 aliphatic carbocycles. The highest BCUT2D eigenvalue weighted by Crippen LogP contribution is 2.23. The van der Waals surface area contributed by atoms with E-state index >= 15 is 0 Å². The second-order valence-corrected chi connectivity index (χ2v) is 5.52. The Morgan fingerprint density at radius 3 is 2.95 bits per heavy atom. The number of carbonyl (C=O) groups excluding carboxylic acids is 1. The minimum absolute atomic E-state index is 0.0909. The lowest BCUT2D eigenvalue weighted by molar-refractivity contribution is -0.129. The Morgan fingerprint density at radius 2 is 2.33 bits per heavy atom. The molecule has 1 atom stereocenters. The van der Waals surface area contributed by atoms with Gasteiger partial charge in [0, 0.05) is 30.8 Å². The maximum absolute atomic E-state index is 11.9. The van der Waals surface area contributed by atoms with Gasteiger partial charge in [0.25, 0.3) is 0 Å². The zero-order chi connectivity index (χ0) is 15.4. The van der Waals surface area contributed by atoms with Crippen LogP contribution in [0.1, 0.15) is 24.5 Å². The van der Waals surface area contributed by atoms with Crippen LogP contribution in [-0.4, -0.2) is 42.0 Å². The van der Waals surface area contributed by atoms with Crippen molar-refractivity contribution in [2.75, 3.05) is 20.2 Å². The van der Waals surface area contributed by atoms with Crippen LogP contribution in [0.4, 0.5) is 0 Å². The second-order valence-electron chi connectivity index (χ2n) is 5.08. The first-order chi connectivity index (χ1) is 10.1.